The number of aromatic amines is 1. The van der Waals surface area contributed by atoms with Gasteiger partial charge in [0.2, 0.25) is 5.91 Å². The van der Waals surface area contributed by atoms with Crippen LogP contribution in [0.2, 0.25) is 5.02 Å². The molecule has 32 heavy (non-hydrogen) atoms. The van der Waals surface area contributed by atoms with Crippen molar-refractivity contribution in [3.8, 4) is 0 Å². The van der Waals surface area contributed by atoms with Gasteiger partial charge in [-0.25, -0.2) is 9.18 Å². The van der Waals surface area contributed by atoms with Crippen LogP contribution in [0.25, 0.3) is 10.8 Å². The van der Waals surface area contributed by atoms with Crippen molar-refractivity contribution in [3.05, 3.63) is 74.4 Å². The van der Waals surface area contributed by atoms with Crippen molar-refractivity contribution in [1.82, 2.24) is 9.88 Å². The van der Waals surface area contributed by atoms with E-state index >= 15 is 0 Å². The van der Waals surface area contributed by atoms with Crippen LogP contribution in [0.3, 0.4) is 0 Å². The first-order chi connectivity index (χ1) is 15.3. The maximum Gasteiger partial charge on any atom is 0.354 e. The number of H-pyrrole nitrogens is 1. The molecule has 0 unspecified atom stereocenters. The molecule has 2 heterocycles. The lowest BCUT2D eigenvalue weighted by Crippen LogP contribution is -2.41. The van der Waals surface area contributed by atoms with Gasteiger partial charge in [0.1, 0.15) is 11.5 Å². The Morgan fingerprint density at radius 2 is 2.06 bits per heavy atom. The van der Waals surface area contributed by atoms with E-state index in [0.717, 1.165) is 17.2 Å². The number of fused-ring (bicyclic) bond motifs is 2. The molecule has 1 atom stereocenters. The number of halogens is 2. The van der Waals surface area contributed by atoms with Crippen molar-refractivity contribution in [2.24, 2.45) is 0 Å². The van der Waals surface area contributed by atoms with Gasteiger partial charge in [0.05, 0.1) is 30.8 Å². The zero-order chi connectivity index (χ0) is 23.0. The van der Waals surface area contributed by atoms with Gasteiger partial charge in [-0.2, -0.15) is 0 Å². The largest absolute Gasteiger partial charge is 0.464 e. The first-order valence-corrected chi connectivity index (χ1v) is 10.4. The number of esters is 1. The molecule has 2 aromatic carbocycles. The van der Waals surface area contributed by atoms with E-state index in [-0.39, 0.29) is 35.3 Å². The number of benzene rings is 2. The Balaban J connectivity index is 1.54. The Morgan fingerprint density at radius 1 is 1.28 bits per heavy atom. The molecule has 3 aromatic rings. The third-order valence-corrected chi connectivity index (χ3v) is 5.97. The molecule has 2 N–H and O–H groups in total. The quantitative estimate of drug-likeness (QED) is 0.583. The summed E-state index contributed by atoms with van der Waals surface area (Å²) in [5.74, 6) is -1.56. The second-order valence-electron chi connectivity index (χ2n) is 7.63. The van der Waals surface area contributed by atoms with Crippen LogP contribution in [0.5, 0.6) is 0 Å². The predicted octanol–water partition coefficient (Wildman–Crippen LogP) is 3.67. The molecule has 9 heteroatoms. The first kappa shape index (κ1) is 21.8. The summed E-state index contributed by atoms with van der Waals surface area (Å²) in [5, 5.41) is 3.93. The van der Waals surface area contributed by atoms with Crippen LogP contribution < -0.4 is 10.9 Å². The molecule has 0 spiro atoms. The van der Waals surface area contributed by atoms with E-state index in [1.807, 2.05) is 19.1 Å². The highest BCUT2D eigenvalue weighted by atomic mass is 35.5. The van der Waals surface area contributed by atoms with Gasteiger partial charge in [0.25, 0.3) is 5.56 Å². The smallest absolute Gasteiger partial charge is 0.354 e. The fourth-order valence-electron chi connectivity index (χ4n) is 4.06. The SMILES string of the molecule is COC(=O)c1cc2cc(NCC(=O)N3CCc4cc(Cl)ccc4[C@@H]3C)c(F)cc2c(=O)[nH]1. The van der Waals surface area contributed by atoms with Crippen LogP contribution in [0.1, 0.15) is 34.6 Å². The highest BCUT2D eigenvalue weighted by Crippen LogP contribution is 2.31. The molecule has 1 aliphatic rings. The van der Waals surface area contributed by atoms with Gasteiger partial charge in [-0.05, 0) is 60.2 Å². The van der Waals surface area contributed by atoms with Gasteiger partial charge in [0.15, 0.2) is 0 Å². The normalized spacial score (nSPS) is 15.4. The summed E-state index contributed by atoms with van der Waals surface area (Å²) in [6.45, 7) is 2.36. The summed E-state index contributed by atoms with van der Waals surface area (Å²) in [6.07, 6.45) is 0.690. The Hall–Kier alpha value is -3.39. The number of amides is 1. The van der Waals surface area contributed by atoms with Crippen molar-refractivity contribution < 1.29 is 18.7 Å². The number of rotatable bonds is 4. The first-order valence-electron chi connectivity index (χ1n) is 10.0. The standard InChI is InChI=1S/C23H21ClFN3O4/c1-12-16-4-3-15(24)7-13(16)5-6-28(12)21(29)11-26-19-8-14-9-20(23(31)32-2)27-22(30)17(14)10-18(19)25/h3-4,7-10,12,26H,5-6,11H2,1-2H3,(H,27,30)/t12-/m0/s1. The van der Waals surface area contributed by atoms with E-state index in [1.54, 1.807) is 11.0 Å². The molecule has 7 nitrogen and oxygen atoms in total. The molecule has 4 rings (SSSR count). The average molecular weight is 458 g/mol. The Labute approximate surface area is 188 Å². The maximum atomic E-state index is 14.6. The predicted molar refractivity (Wildman–Crippen MR) is 120 cm³/mol. The molecule has 0 aliphatic carbocycles. The number of nitrogens with zero attached hydrogens (tertiary/aromatic N) is 1. The van der Waals surface area contributed by atoms with Crippen molar-refractivity contribution in [2.75, 3.05) is 25.5 Å². The number of hydrogen-bond acceptors (Lipinski definition) is 5. The summed E-state index contributed by atoms with van der Waals surface area (Å²) < 4.78 is 19.2. The van der Waals surface area contributed by atoms with Crippen molar-refractivity contribution in [3.63, 3.8) is 0 Å². The Kier molecular flexibility index (Phi) is 5.88. The minimum Gasteiger partial charge on any atom is -0.464 e. The fourth-order valence-corrected chi connectivity index (χ4v) is 4.25. The molecule has 1 aliphatic heterocycles. The van der Waals surface area contributed by atoms with Crippen LogP contribution >= 0.6 is 11.6 Å². The number of carbonyl (C=O) groups excluding carboxylic acids is 2. The third-order valence-electron chi connectivity index (χ3n) is 5.73. The molecule has 0 radical (unpaired) electrons. The second kappa shape index (κ2) is 8.63. The zero-order valence-electron chi connectivity index (χ0n) is 17.5. The van der Waals surface area contributed by atoms with E-state index in [2.05, 4.69) is 15.0 Å². The lowest BCUT2D eigenvalue weighted by Gasteiger charge is -2.35. The van der Waals surface area contributed by atoms with E-state index in [9.17, 15) is 18.8 Å². The molecular formula is C23H21ClFN3O4. The van der Waals surface area contributed by atoms with Crippen LogP contribution in [-0.4, -0.2) is 42.0 Å². The number of anilines is 1. The number of pyridine rings is 1. The van der Waals surface area contributed by atoms with Crippen molar-refractivity contribution in [2.45, 2.75) is 19.4 Å². The highest BCUT2D eigenvalue weighted by molar-refractivity contribution is 6.30. The van der Waals surface area contributed by atoms with Gasteiger partial charge >= 0.3 is 5.97 Å². The van der Waals surface area contributed by atoms with E-state index in [4.69, 9.17) is 11.6 Å². The topological polar surface area (TPSA) is 91.5 Å². The summed E-state index contributed by atoms with van der Waals surface area (Å²) in [4.78, 5) is 40.9. The van der Waals surface area contributed by atoms with E-state index in [1.165, 1.54) is 19.2 Å². The van der Waals surface area contributed by atoms with Gasteiger partial charge in [-0.3, -0.25) is 9.59 Å². The fraction of sp³-hybridized carbons (Fsp3) is 0.261. The number of nitrogens with one attached hydrogen (secondary N) is 2. The second-order valence-corrected chi connectivity index (χ2v) is 8.07. The number of hydrogen-bond donors (Lipinski definition) is 2. The molecule has 0 saturated carbocycles. The van der Waals surface area contributed by atoms with Gasteiger partial charge in [-0.15, -0.1) is 0 Å². The Bertz CT molecular complexity index is 1290. The number of methoxy groups -OCH3 is 1. The van der Waals surface area contributed by atoms with Gasteiger partial charge in [-0.1, -0.05) is 17.7 Å². The molecule has 166 valence electrons. The van der Waals surface area contributed by atoms with Crippen LogP contribution in [0.4, 0.5) is 10.1 Å². The summed E-state index contributed by atoms with van der Waals surface area (Å²) in [7, 11) is 1.20. The van der Waals surface area contributed by atoms with Crippen LogP contribution in [-0.2, 0) is 16.0 Å². The van der Waals surface area contributed by atoms with Crippen LogP contribution in [0.15, 0.2) is 41.2 Å². The molecule has 1 aromatic heterocycles. The molecule has 0 fully saturated rings. The lowest BCUT2D eigenvalue weighted by molar-refractivity contribution is -0.131. The van der Waals surface area contributed by atoms with Gasteiger partial charge in [0, 0.05) is 11.6 Å². The van der Waals surface area contributed by atoms with E-state index in [0.29, 0.717) is 23.4 Å². The molecule has 0 saturated heterocycles. The molecule has 1 amide bonds. The van der Waals surface area contributed by atoms with E-state index < -0.39 is 17.3 Å². The highest BCUT2D eigenvalue weighted by Gasteiger charge is 2.27. The monoisotopic (exact) mass is 457 g/mol. The minimum absolute atomic E-state index is 0.0421. The number of aromatic nitrogens is 1. The summed E-state index contributed by atoms with van der Waals surface area (Å²) in [6, 6.07) is 9.40. The number of ether oxygens (including phenoxy) is 1. The zero-order valence-corrected chi connectivity index (χ0v) is 18.3. The average Bonchev–Trinajstić information content (AvgIpc) is 2.77. The maximum absolute atomic E-state index is 14.6. The minimum atomic E-state index is -0.710. The van der Waals surface area contributed by atoms with Gasteiger partial charge < -0.3 is 19.9 Å². The third kappa shape index (κ3) is 4.05. The summed E-state index contributed by atoms with van der Waals surface area (Å²) in [5.41, 5.74) is 1.57. The summed E-state index contributed by atoms with van der Waals surface area (Å²) >= 11 is 6.07. The molecule has 0 bridgehead atoms. The Morgan fingerprint density at radius 3 is 2.81 bits per heavy atom. The van der Waals surface area contributed by atoms with Crippen molar-refractivity contribution >= 4 is 39.9 Å². The lowest BCUT2D eigenvalue weighted by atomic mass is 9.93. The molecular weight excluding hydrogens is 437 g/mol. The van der Waals surface area contributed by atoms with Crippen LogP contribution in [0, 0.1) is 5.82 Å². The number of carbonyl (C=O) groups is 2. The van der Waals surface area contributed by atoms with Crippen molar-refractivity contribution in [1.29, 1.82) is 0 Å².